The molecule has 0 saturated heterocycles. The number of nitrogens with one attached hydrogen (secondary N) is 1. The first-order valence-electron chi connectivity index (χ1n) is 4.77. The van der Waals surface area contributed by atoms with Crippen LogP contribution in [0.15, 0.2) is 30.5 Å². The zero-order chi connectivity index (χ0) is 11.5. The number of nitrogens with zero attached hydrogens (tertiary/aromatic N) is 2. The maximum Gasteiger partial charge on any atom is 0.221 e. The summed E-state index contributed by atoms with van der Waals surface area (Å²) in [5.74, 6) is 0.426. The van der Waals surface area contributed by atoms with Crippen molar-refractivity contribution in [3.05, 3.63) is 41.8 Å². The van der Waals surface area contributed by atoms with Crippen LogP contribution in [0.5, 0.6) is 0 Å². The molecule has 1 aromatic carbocycles. The molecule has 0 spiro atoms. The standard InChI is InChI=1S/C11H11FN4/c1-7-2-3-8(12)6-9(7)15-10-4-5-14-11(13)16-10/h2-6H,1H3,(H3,13,14,15,16). The first kappa shape index (κ1) is 10.4. The van der Waals surface area contributed by atoms with Gasteiger partial charge in [0.25, 0.3) is 0 Å². The van der Waals surface area contributed by atoms with Crippen molar-refractivity contribution in [1.29, 1.82) is 0 Å². The Morgan fingerprint density at radius 3 is 2.88 bits per heavy atom. The van der Waals surface area contributed by atoms with Crippen LogP contribution in [0.3, 0.4) is 0 Å². The Hall–Kier alpha value is -2.17. The fourth-order valence-corrected chi connectivity index (χ4v) is 1.31. The highest BCUT2D eigenvalue weighted by Gasteiger charge is 2.02. The third kappa shape index (κ3) is 2.25. The van der Waals surface area contributed by atoms with Gasteiger partial charge in [-0.2, -0.15) is 4.98 Å². The Bertz CT molecular complexity index is 513. The van der Waals surface area contributed by atoms with Gasteiger partial charge in [-0.3, -0.25) is 0 Å². The number of aryl methyl sites for hydroxylation is 1. The van der Waals surface area contributed by atoms with Crippen molar-refractivity contribution in [3.63, 3.8) is 0 Å². The molecule has 0 atom stereocenters. The van der Waals surface area contributed by atoms with Gasteiger partial charge in [0.05, 0.1) is 0 Å². The number of anilines is 3. The Labute approximate surface area is 92.3 Å². The van der Waals surface area contributed by atoms with Gasteiger partial charge in [0.2, 0.25) is 5.95 Å². The number of nitrogen functional groups attached to an aromatic ring is 1. The lowest BCUT2D eigenvalue weighted by molar-refractivity contribution is 0.628. The average Bonchev–Trinajstić information content (AvgIpc) is 2.24. The molecule has 0 saturated carbocycles. The predicted octanol–water partition coefficient (Wildman–Crippen LogP) is 2.25. The van der Waals surface area contributed by atoms with Gasteiger partial charge < -0.3 is 11.1 Å². The number of hydrogen-bond acceptors (Lipinski definition) is 4. The number of aromatic nitrogens is 2. The minimum atomic E-state index is -0.296. The summed E-state index contributed by atoms with van der Waals surface area (Å²) >= 11 is 0. The molecule has 0 aliphatic rings. The van der Waals surface area contributed by atoms with Crippen molar-refractivity contribution >= 4 is 17.5 Å². The van der Waals surface area contributed by atoms with E-state index in [1.165, 1.54) is 12.1 Å². The number of rotatable bonds is 2. The molecule has 1 heterocycles. The van der Waals surface area contributed by atoms with Crippen molar-refractivity contribution in [2.75, 3.05) is 11.1 Å². The lowest BCUT2D eigenvalue weighted by Gasteiger charge is -2.08. The van der Waals surface area contributed by atoms with Crippen LogP contribution in [0, 0.1) is 12.7 Å². The molecule has 2 aromatic rings. The van der Waals surface area contributed by atoms with E-state index < -0.39 is 0 Å². The molecule has 2 rings (SSSR count). The minimum absolute atomic E-state index is 0.180. The summed E-state index contributed by atoms with van der Waals surface area (Å²) in [5, 5.41) is 2.98. The fraction of sp³-hybridized carbons (Fsp3) is 0.0909. The van der Waals surface area contributed by atoms with E-state index in [-0.39, 0.29) is 11.8 Å². The van der Waals surface area contributed by atoms with E-state index in [9.17, 15) is 4.39 Å². The highest BCUT2D eigenvalue weighted by Crippen LogP contribution is 2.20. The van der Waals surface area contributed by atoms with Crippen LogP contribution in [-0.2, 0) is 0 Å². The zero-order valence-corrected chi connectivity index (χ0v) is 8.74. The summed E-state index contributed by atoms with van der Waals surface area (Å²) in [6.07, 6.45) is 1.54. The summed E-state index contributed by atoms with van der Waals surface area (Å²) in [6.45, 7) is 1.88. The third-order valence-corrected chi connectivity index (χ3v) is 2.14. The Morgan fingerprint density at radius 2 is 2.12 bits per heavy atom. The van der Waals surface area contributed by atoms with Gasteiger partial charge >= 0.3 is 0 Å². The number of halogens is 1. The molecule has 16 heavy (non-hydrogen) atoms. The second kappa shape index (κ2) is 4.14. The van der Waals surface area contributed by atoms with E-state index in [2.05, 4.69) is 15.3 Å². The highest BCUT2D eigenvalue weighted by molar-refractivity contribution is 5.60. The second-order valence-electron chi connectivity index (χ2n) is 3.38. The van der Waals surface area contributed by atoms with E-state index in [4.69, 9.17) is 5.73 Å². The van der Waals surface area contributed by atoms with Gasteiger partial charge in [0.1, 0.15) is 11.6 Å². The lowest BCUT2D eigenvalue weighted by Crippen LogP contribution is -2.00. The van der Waals surface area contributed by atoms with E-state index in [1.807, 2.05) is 6.92 Å². The monoisotopic (exact) mass is 218 g/mol. The SMILES string of the molecule is Cc1ccc(F)cc1Nc1ccnc(N)n1. The molecular weight excluding hydrogens is 207 g/mol. The van der Waals surface area contributed by atoms with Crippen LogP contribution in [-0.4, -0.2) is 9.97 Å². The molecule has 0 radical (unpaired) electrons. The molecule has 0 aliphatic carbocycles. The predicted molar refractivity (Wildman–Crippen MR) is 60.9 cm³/mol. The first-order valence-corrected chi connectivity index (χ1v) is 4.77. The molecule has 0 amide bonds. The molecule has 5 heteroatoms. The van der Waals surface area contributed by atoms with E-state index in [1.54, 1.807) is 18.3 Å². The van der Waals surface area contributed by atoms with Crippen LogP contribution in [0.2, 0.25) is 0 Å². The quantitative estimate of drug-likeness (QED) is 0.811. The van der Waals surface area contributed by atoms with E-state index >= 15 is 0 Å². The fourth-order valence-electron chi connectivity index (χ4n) is 1.31. The highest BCUT2D eigenvalue weighted by atomic mass is 19.1. The summed E-state index contributed by atoms with van der Waals surface area (Å²) < 4.78 is 13.0. The summed E-state index contributed by atoms with van der Waals surface area (Å²) in [7, 11) is 0. The van der Waals surface area contributed by atoms with Crippen molar-refractivity contribution in [2.24, 2.45) is 0 Å². The Kier molecular flexibility index (Phi) is 2.68. The lowest BCUT2D eigenvalue weighted by atomic mass is 10.2. The minimum Gasteiger partial charge on any atom is -0.368 e. The maximum atomic E-state index is 13.0. The van der Waals surface area contributed by atoms with E-state index in [0.717, 1.165) is 5.56 Å². The van der Waals surface area contributed by atoms with Crippen LogP contribution in [0.25, 0.3) is 0 Å². The molecule has 82 valence electrons. The summed E-state index contributed by atoms with van der Waals surface area (Å²) in [4.78, 5) is 7.75. The molecule has 3 N–H and O–H groups in total. The molecule has 4 nitrogen and oxygen atoms in total. The largest absolute Gasteiger partial charge is 0.368 e. The molecular formula is C11H11FN4. The molecule has 0 aliphatic heterocycles. The molecule has 0 fully saturated rings. The van der Waals surface area contributed by atoms with Crippen LogP contribution in [0.1, 0.15) is 5.56 Å². The van der Waals surface area contributed by atoms with Crippen molar-refractivity contribution in [1.82, 2.24) is 9.97 Å². The topological polar surface area (TPSA) is 63.8 Å². The maximum absolute atomic E-state index is 13.0. The number of benzene rings is 1. The van der Waals surface area contributed by atoms with Gasteiger partial charge in [-0.05, 0) is 30.7 Å². The third-order valence-electron chi connectivity index (χ3n) is 2.14. The van der Waals surface area contributed by atoms with Crippen LogP contribution >= 0.6 is 0 Å². The van der Waals surface area contributed by atoms with Gasteiger partial charge in [0.15, 0.2) is 0 Å². The van der Waals surface area contributed by atoms with E-state index in [0.29, 0.717) is 11.5 Å². The van der Waals surface area contributed by atoms with Gasteiger partial charge in [-0.25, -0.2) is 9.37 Å². The van der Waals surface area contributed by atoms with Crippen LogP contribution in [0.4, 0.5) is 21.8 Å². The summed E-state index contributed by atoms with van der Waals surface area (Å²) in [6, 6.07) is 6.19. The zero-order valence-electron chi connectivity index (χ0n) is 8.74. The van der Waals surface area contributed by atoms with Gasteiger partial charge in [-0.15, -0.1) is 0 Å². The second-order valence-corrected chi connectivity index (χ2v) is 3.38. The first-order chi connectivity index (χ1) is 7.65. The Balaban J connectivity index is 2.30. The van der Waals surface area contributed by atoms with Gasteiger partial charge in [0, 0.05) is 11.9 Å². The van der Waals surface area contributed by atoms with Crippen molar-refractivity contribution in [2.45, 2.75) is 6.92 Å². The normalized spacial score (nSPS) is 10.1. The Morgan fingerprint density at radius 1 is 1.31 bits per heavy atom. The average molecular weight is 218 g/mol. The van der Waals surface area contributed by atoms with Crippen molar-refractivity contribution < 1.29 is 4.39 Å². The summed E-state index contributed by atoms with van der Waals surface area (Å²) in [5.41, 5.74) is 7.04. The molecule has 0 bridgehead atoms. The smallest absolute Gasteiger partial charge is 0.221 e. The molecule has 1 aromatic heterocycles. The number of nitrogens with two attached hydrogens (primary N) is 1. The number of hydrogen-bond donors (Lipinski definition) is 2. The van der Waals surface area contributed by atoms with Gasteiger partial charge in [-0.1, -0.05) is 6.07 Å². The van der Waals surface area contributed by atoms with Crippen LogP contribution < -0.4 is 11.1 Å². The van der Waals surface area contributed by atoms with Crippen molar-refractivity contribution in [3.8, 4) is 0 Å². The molecule has 0 unspecified atom stereocenters.